The molecule has 2 aliphatic carbocycles. The SMILES string of the molecule is CCOc1cc(C2C3=C(CCCC3=O)N(C)C3=C2C(=O)CCC3)ccc1OCC(=O)Nc1ccc(Cl)cc1. The number of carbonyl (C=O) groups is 3. The average molecular weight is 535 g/mol. The van der Waals surface area contributed by atoms with E-state index in [4.69, 9.17) is 21.1 Å². The van der Waals surface area contributed by atoms with Gasteiger partial charge in [-0.2, -0.15) is 0 Å². The van der Waals surface area contributed by atoms with Crippen LogP contribution in [0.1, 0.15) is 56.9 Å². The van der Waals surface area contributed by atoms with E-state index >= 15 is 0 Å². The molecule has 0 bridgehead atoms. The van der Waals surface area contributed by atoms with Crippen LogP contribution < -0.4 is 14.8 Å². The monoisotopic (exact) mass is 534 g/mol. The highest BCUT2D eigenvalue weighted by atomic mass is 35.5. The number of Topliss-reactive ketones (excluding diaryl/α,β-unsaturated/α-hetero) is 2. The molecular formula is C30H31ClN2O5. The van der Waals surface area contributed by atoms with E-state index in [9.17, 15) is 14.4 Å². The normalized spacial score (nSPS) is 17.8. The van der Waals surface area contributed by atoms with Crippen molar-refractivity contribution in [2.24, 2.45) is 0 Å². The Kier molecular flexibility index (Phi) is 7.56. The zero-order chi connectivity index (χ0) is 26.8. The highest BCUT2D eigenvalue weighted by molar-refractivity contribution is 6.30. The summed E-state index contributed by atoms with van der Waals surface area (Å²) in [5.74, 6) is 0.357. The molecule has 0 spiro atoms. The van der Waals surface area contributed by atoms with Gasteiger partial charge in [-0.05, 0) is 74.6 Å². The first-order chi connectivity index (χ1) is 18.4. The number of allylic oxidation sites excluding steroid dienone is 4. The third kappa shape index (κ3) is 5.07. The summed E-state index contributed by atoms with van der Waals surface area (Å²) in [6.45, 7) is 2.05. The summed E-state index contributed by atoms with van der Waals surface area (Å²) in [7, 11) is 1.98. The summed E-state index contributed by atoms with van der Waals surface area (Å²) in [6, 6.07) is 12.3. The summed E-state index contributed by atoms with van der Waals surface area (Å²) in [6.07, 6.45) is 4.26. The molecule has 0 radical (unpaired) electrons. The van der Waals surface area contributed by atoms with Crippen LogP contribution in [-0.4, -0.2) is 42.6 Å². The zero-order valence-electron chi connectivity index (χ0n) is 21.6. The average Bonchev–Trinajstić information content (AvgIpc) is 2.91. The van der Waals surface area contributed by atoms with E-state index in [1.54, 1.807) is 30.3 Å². The quantitative estimate of drug-likeness (QED) is 0.483. The molecule has 0 atom stereocenters. The number of carbonyl (C=O) groups excluding carboxylic acids is 3. The summed E-state index contributed by atoms with van der Waals surface area (Å²) in [5, 5.41) is 3.36. The Bertz CT molecular complexity index is 1300. The van der Waals surface area contributed by atoms with Crippen LogP contribution >= 0.6 is 11.6 Å². The van der Waals surface area contributed by atoms with Crippen molar-refractivity contribution < 1.29 is 23.9 Å². The van der Waals surface area contributed by atoms with Gasteiger partial charge in [0.15, 0.2) is 29.7 Å². The van der Waals surface area contributed by atoms with Gasteiger partial charge in [0, 0.05) is 59.1 Å². The Morgan fingerprint density at radius 1 is 0.921 bits per heavy atom. The molecule has 8 heteroatoms. The van der Waals surface area contributed by atoms with Crippen molar-refractivity contribution >= 4 is 34.8 Å². The second kappa shape index (κ2) is 11.0. The van der Waals surface area contributed by atoms with Gasteiger partial charge >= 0.3 is 0 Å². The van der Waals surface area contributed by atoms with Gasteiger partial charge in [0.05, 0.1) is 6.61 Å². The zero-order valence-corrected chi connectivity index (χ0v) is 22.4. The molecule has 1 N–H and O–H groups in total. The molecule has 3 aliphatic rings. The minimum atomic E-state index is -0.418. The van der Waals surface area contributed by atoms with Crippen molar-refractivity contribution in [2.45, 2.75) is 51.4 Å². The molecule has 5 rings (SSSR count). The van der Waals surface area contributed by atoms with Gasteiger partial charge in [0.1, 0.15) is 0 Å². The Hall–Kier alpha value is -3.58. The first kappa shape index (κ1) is 26.0. The fraction of sp³-hybridized carbons (Fsp3) is 0.367. The van der Waals surface area contributed by atoms with E-state index in [1.807, 2.05) is 26.1 Å². The molecule has 198 valence electrons. The Balaban J connectivity index is 1.45. The minimum absolute atomic E-state index is 0.102. The number of hydrogen-bond donors (Lipinski definition) is 1. The third-order valence-corrected chi connectivity index (χ3v) is 7.58. The van der Waals surface area contributed by atoms with E-state index in [-0.39, 0.29) is 24.1 Å². The van der Waals surface area contributed by atoms with Gasteiger partial charge < -0.3 is 19.7 Å². The van der Waals surface area contributed by atoms with Gasteiger partial charge in [0.25, 0.3) is 5.91 Å². The topological polar surface area (TPSA) is 84.9 Å². The molecule has 2 aromatic rings. The first-order valence-corrected chi connectivity index (χ1v) is 13.5. The number of halogens is 1. The third-order valence-electron chi connectivity index (χ3n) is 7.33. The Labute approximate surface area is 227 Å². The number of rotatable bonds is 7. The lowest BCUT2D eigenvalue weighted by atomic mass is 9.71. The standard InChI is InChI=1S/C30H31ClN2O5/c1-3-37-26-16-18(10-15-25(26)38-17-27(36)32-20-13-11-19(31)12-14-20)28-29-21(6-4-8-23(29)34)33(2)22-7-5-9-24(35)30(22)28/h10-16,28H,3-9,17H2,1-2H3,(H,32,36). The van der Waals surface area contributed by atoms with E-state index in [2.05, 4.69) is 10.2 Å². The lowest BCUT2D eigenvalue weighted by Gasteiger charge is -2.42. The second-order valence-electron chi connectivity index (χ2n) is 9.75. The second-order valence-corrected chi connectivity index (χ2v) is 10.2. The van der Waals surface area contributed by atoms with Crippen LogP contribution in [-0.2, 0) is 14.4 Å². The number of amides is 1. The van der Waals surface area contributed by atoms with Crippen molar-refractivity contribution in [3.63, 3.8) is 0 Å². The van der Waals surface area contributed by atoms with Crippen LogP contribution in [0.4, 0.5) is 5.69 Å². The van der Waals surface area contributed by atoms with Gasteiger partial charge in [0.2, 0.25) is 0 Å². The number of anilines is 1. The number of benzene rings is 2. The summed E-state index contributed by atoms with van der Waals surface area (Å²) < 4.78 is 11.7. The van der Waals surface area contributed by atoms with E-state index in [1.165, 1.54) is 0 Å². The molecule has 1 amide bonds. The van der Waals surface area contributed by atoms with Crippen molar-refractivity contribution in [1.82, 2.24) is 4.90 Å². The molecule has 1 aliphatic heterocycles. The van der Waals surface area contributed by atoms with Crippen molar-refractivity contribution in [2.75, 3.05) is 25.6 Å². The van der Waals surface area contributed by atoms with Gasteiger partial charge in [-0.3, -0.25) is 14.4 Å². The van der Waals surface area contributed by atoms with Crippen LogP contribution in [0.5, 0.6) is 11.5 Å². The minimum Gasteiger partial charge on any atom is -0.490 e. The number of ether oxygens (including phenoxy) is 2. The first-order valence-electron chi connectivity index (χ1n) is 13.1. The molecule has 2 aromatic carbocycles. The molecule has 1 heterocycles. The predicted octanol–water partition coefficient (Wildman–Crippen LogP) is 5.80. The van der Waals surface area contributed by atoms with Crippen molar-refractivity contribution in [1.29, 1.82) is 0 Å². The number of nitrogens with zero attached hydrogens (tertiary/aromatic N) is 1. The van der Waals surface area contributed by atoms with Crippen molar-refractivity contribution in [3.8, 4) is 11.5 Å². The van der Waals surface area contributed by atoms with E-state index in [0.717, 1.165) is 53.8 Å². The molecule has 0 saturated heterocycles. The maximum Gasteiger partial charge on any atom is 0.262 e. The largest absolute Gasteiger partial charge is 0.490 e. The predicted molar refractivity (Wildman–Crippen MR) is 145 cm³/mol. The van der Waals surface area contributed by atoms with Crippen LogP contribution in [0.3, 0.4) is 0 Å². The summed E-state index contributed by atoms with van der Waals surface area (Å²) >= 11 is 5.91. The fourth-order valence-corrected chi connectivity index (χ4v) is 5.78. The molecule has 0 aromatic heterocycles. The van der Waals surface area contributed by atoms with Crippen LogP contribution in [0.2, 0.25) is 5.02 Å². The molecule has 0 fully saturated rings. The maximum absolute atomic E-state index is 13.2. The molecule has 38 heavy (non-hydrogen) atoms. The lowest BCUT2D eigenvalue weighted by molar-refractivity contribution is -0.118. The molecule has 0 unspecified atom stereocenters. The Morgan fingerprint density at radius 2 is 1.55 bits per heavy atom. The van der Waals surface area contributed by atoms with Crippen LogP contribution in [0.15, 0.2) is 65.0 Å². The Morgan fingerprint density at radius 3 is 2.16 bits per heavy atom. The van der Waals surface area contributed by atoms with Crippen LogP contribution in [0.25, 0.3) is 0 Å². The summed E-state index contributed by atoms with van der Waals surface area (Å²) in [4.78, 5) is 41.0. The smallest absolute Gasteiger partial charge is 0.262 e. The van der Waals surface area contributed by atoms with E-state index < -0.39 is 5.92 Å². The molecule has 0 saturated carbocycles. The van der Waals surface area contributed by atoms with Gasteiger partial charge in [-0.1, -0.05) is 17.7 Å². The van der Waals surface area contributed by atoms with Crippen LogP contribution in [0, 0.1) is 0 Å². The number of nitrogens with one attached hydrogen (secondary N) is 1. The van der Waals surface area contributed by atoms with Gasteiger partial charge in [-0.15, -0.1) is 0 Å². The van der Waals surface area contributed by atoms with Crippen molar-refractivity contribution in [3.05, 3.63) is 75.6 Å². The molecule has 7 nitrogen and oxygen atoms in total. The fourth-order valence-electron chi connectivity index (χ4n) is 5.65. The number of hydrogen-bond acceptors (Lipinski definition) is 6. The van der Waals surface area contributed by atoms with E-state index in [0.29, 0.717) is 41.7 Å². The van der Waals surface area contributed by atoms with Gasteiger partial charge in [-0.25, -0.2) is 0 Å². The lowest BCUT2D eigenvalue weighted by Crippen LogP contribution is -2.37. The summed E-state index contributed by atoms with van der Waals surface area (Å²) in [5.41, 5.74) is 4.95. The maximum atomic E-state index is 13.2. The molecular weight excluding hydrogens is 504 g/mol. The highest BCUT2D eigenvalue weighted by Crippen LogP contribution is 2.49. The highest BCUT2D eigenvalue weighted by Gasteiger charge is 2.42. The number of ketones is 2.